The van der Waals surface area contributed by atoms with Crippen LogP contribution in [0.3, 0.4) is 0 Å². The minimum absolute atomic E-state index is 0.0851. The van der Waals surface area contributed by atoms with Crippen LogP contribution in [0.4, 0.5) is 5.69 Å². The second kappa shape index (κ2) is 6.79. The first-order valence-corrected chi connectivity index (χ1v) is 7.74. The van der Waals surface area contributed by atoms with Crippen molar-refractivity contribution in [2.24, 2.45) is 11.8 Å². The van der Waals surface area contributed by atoms with E-state index in [1.54, 1.807) is 36.7 Å². The number of carbonyl (C=O) groups is 2. The van der Waals surface area contributed by atoms with Crippen LogP contribution in [0.2, 0.25) is 5.02 Å². The van der Waals surface area contributed by atoms with E-state index in [0.717, 1.165) is 5.56 Å². The van der Waals surface area contributed by atoms with Crippen LogP contribution in [0.1, 0.15) is 12.0 Å². The van der Waals surface area contributed by atoms with E-state index in [1.807, 2.05) is 12.1 Å². The van der Waals surface area contributed by atoms with E-state index in [1.165, 1.54) is 0 Å². The van der Waals surface area contributed by atoms with Crippen LogP contribution in [0, 0.1) is 11.8 Å². The topological polar surface area (TPSA) is 71.1 Å². The highest BCUT2D eigenvalue weighted by Gasteiger charge is 2.47. The molecule has 1 aromatic carbocycles. The van der Waals surface area contributed by atoms with E-state index in [2.05, 4.69) is 15.6 Å². The summed E-state index contributed by atoms with van der Waals surface area (Å²) >= 11 is 5.80. The molecule has 2 aromatic rings. The number of hydrogen-bond acceptors (Lipinski definition) is 3. The van der Waals surface area contributed by atoms with Gasteiger partial charge in [-0.05, 0) is 48.4 Å². The first-order valence-electron chi connectivity index (χ1n) is 7.36. The highest BCUT2D eigenvalue weighted by Crippen LogP contribution is 2.39. The van der Waals surface area contributed by atoms with Crippen LogP contribution in [0.15, 0.2) is 48.8 Å². The van der Waals surface area contributed by atoms with Gasteiger partial charge in [-0.1, -0.05) is 11.6 Å². The van der Waals surface area contributed by atoms with Crippen LogP contribution in [-0.2, 0) is 16.1 Å². The van der Waals surface area contributed by atoms with Crippen LogP contribution >= 0.6 is 11.6 Å². The van der Waals surface area contributed by atoms with Crippen molar-refractivity contribution in [2.75, 3.05) is 5.32 Å². The molecule has 3 rings (SSSR count). The summed E-state index contributed by atoms with van der Waals surface area (Å²) < 4.78 is 0. The summed E-state index contributed by atoms with van der Waals surface area (Å²) in [7, 11) is 0. The average molecular weight is 330 g/mol. The van der Waals surface area contributed by atoms with E-state index in [4.69, 9.17) is 11.6 Å². The van der Waals surface area contributed by atoms with Gasteiger partial charge in [0.1, 0.15) is 0 Å². The number of rotatable bonds is 5. The van der Waals surface area contributed by atoms with Gasteiger partial charge < -0.3 is 10.6 Å². The van der Waals surface area contributed by atoms with Gasteiger partial charge in [-0.2, -0.15) is 0 Å². The van der Waals surface area contributed by atoms with E-state index in [-0.39, 0.29) is 23.7 Å². The predicted molar refractivity (Wildman–Crippen MR) is 87.8 cm³/mol. The maximum Gasteiger partial charge on any atom is 0.228 e. The number of nitrogens with zero attached hydrogens (tertiary/aromatic N) is 1. The van der Waals surface area contributed by atoms with Gasteiger partial charge in [-0.3, -0.25) is 14.6 Å². The number of nitrogens with one attached hydrogen (secondary N) is 2. The molecule has 0 radical (unpaired) electrons. The molecule has 1 aliphatic rings. The van der Waals surface area contributed by atoms with E-state index in [9.17, 15) is 9.59 Å². The highest BCUT2D eigenvalue weighted by atomic mass is 35.5. The lowest BCUT2D eigenvalue weighted by molar-refractivity contribution is -0.125. The van der Waals surface area contributed by atoms with Gasteiger partial charge in [0.05, 0.1) is 11.8 Å². The molecule has 1 saturated carbocycles. The normalized spacial score (nSPS) is 19.0. The third kappa shape index (κ3) is 4.07. The molecule has 23 heavy (non-hydrogen) atoms. The Morgan fingerprint density at radius 2 is 1.70 bits per heavy atom. The first-order chi connectivity index (χ1) is 11.1. The number of anilines is 1. The molecular weight excluding hydrogens is 314 g/mol. The van der Waals surface area contributed by atoms with Crippen LogP contribution in [0.25, 0.3) is 0 Å². The van der Waals surface area contributed by atoms with Gasteiger partial charge in [0.2, 0.25) is 11.8 Å². The zero-order chi connectivity index (χ0) is 16.2. The molecule has 1 aliphatic carbocycles. The predicted octanol–water partition coefficient (Wildman–Crippen LogP) is 2.63. The van der Waals surface area contributed by atoms with Crippen molar-refractivity contribution in [3.63, 3.8) is 0 Å². The maximum atomic E-state index is 12.1. The zero-order valence-electron chi connectivity index (χ0n) is 12.3. The van der Waals surface area contributed by atoms with Crippen molar-refractivity contribution in [1.82, 2.24) is 10.3 Å². The van der Waals surface area contributed by atoms with E-state index in [0.29, 0.717) is 23.7 Å². The van der Waals surface area contributed by atoms with Crippen molar-refractivity contribution in [2.45, 2.75) is 13.0 Å². The molecule has 0 bridgehead atoms. The Kier molecular flexibility index (Phi) is 4.57. The Bertz CT molecular complexity index is 704. The van der Waals surface area contributed by atoms with Crippen molar-refractivity contribution >= 4 is 29.1 Å². The second-order valence-electron chi connectivity index (χ2n) is 5.52. The van der Waals surface area contributed by atoms with Crippen molar-refractivity contribution in [3.8, 4) is 0 Å². The molecule has 118 valence electrons. The molecule has 0 saturated heterocycles. The van der Waals surface area contributed by atoms with Gasteiger partial charge in [0, 0.05) is 29.6 Å². The summed E-state index contributed by atoms with van der Waals surface area (Å²) in [5.74, 6) is -0.721. The van der Waals surface area contributed by atoms with Crippen LogP contribution in [0.5, 0.6) is 0 Å². The fourth-order valence-electron chi connectivity index (χ4n) is 2.36. The van der Waals surface area contributed by atoms with Crippen molar-refractivity contribution < 1.29 is 9.59 Å². The number of halogens is 1. The molecule has 1 aromatic heterocycles. The average Bonchev–Trinajstić information content (AvgIpc) is 3.36. The Balaban J connectivity index is 1.47. The van der Waals surface area contributed by atoms with Gasteiger partial charge in [-0.15, -0.1) is 0 Å². The largest absolute Gasteiger partial charge is 0.352 e. The Labute approximate surface area is 139 Å². The van der Waals surface area contributed by atoms with E-state index >= 15 is 0 Å². The quantitative estimate of drug-likeness (QED) is 0.885. The zero-order valence-corrected chi connectivity index (χ0v) is 13.1. The summed E-state index contributed by atoms with van der Waals surface area (Å²) in [5.41, 5.74) is 1.67. The lowest BCUT2D eigenvalue weighted by Gasteiger charge is -2.06. The molecule has 1 heterocycles. The summed E-state index contributed by atoms with van der Waals surface area (Å²) in [4.78, 5) is 28.1. The summed E-state index contributed by atoms with van der Waals surface area (Å²) in [6.45, 7) is 0.448. The Morgan fingerprint density at radius 1 is 1.04 bits per heavy atom. The molecule has 5 nitrogen and oxygen atoms in total. The number of hydrogen-bond donors (Lipinski definition) is 2. The SMILES string of the molecule is O=C(NCc1ccncc1)C1CC1C(=O)Nc1ccc(Cl)cc1. The summed E-state index contributed by atoms with van der Waals surface area (Å²) in [6.07, 6.45) is 3.95. The molecule has 6 heteroatoms. The minimum Gasteiger partial charge on any atom is -0.352 e. The van der Waals surface area contributed by atoms with Crippen LogP contribution < -0.4 is 10.6 Å². The Morgan fingerprint density at radius 3 is 2.39 bits per heavy atom. The number of amides is 2. The third-order valence-corrected chi connectivity index (χ3v) is 4.04. The Hall–Kier alpha value is -2.40. The molecule has 2 unspecified atom stereocenters. The van der Waals surface area contributed by atoms with Crippen molar-refractivity contribution in [1.29, 1.82) is 0 Å². The lowest BCUT2D eigenvalue weighted by atomic mass is 10.2. The van der Waals surface area contributed by atoms with E-state index < -0.39 is 0 Å². The monoisotopic (exact) mass is 329 g/mol. The molecule has 1 fully saturated rings. The molecule has 0 aliphatic heterocycles. The molecule has 2 atom stereocenters. The second-order valence-corrected chi connectivity index (χ2v) is 5.95. The number of pyridine rings is 1. The molecule has 2 N–H and O–H groups in total. The van der Waals surface area contributed by atoms with Gasteiger partial charge in [-0.25, -0.2) is 0 Å². The number of carbonyl (C=O) groups excluding carboxylic acids is 2. The smallest absolute Gasteiger partial charge is 0.228 e. The summed E-state index contributed by atoms with van der Waals surface area (Å²) in [5, 5.41) is 6.27. The lowest BCUT2D eigenvalue weighted by Crippen LogP contribution is -2.27. The maximum absolute atomic E-state index is 12.1. The van der Waals surface area contributed by atoms with Crippen molar-refractivity contribution in [3.05, 3.63) is 59.4 Å². The summed E-state index contributed by atoms with van der Waals surface area (Å²) in [6, 6.07) is 10.6. The minimum atomic E-state index is -0.261. The standard InChI is InChI=1S/C17H16ClN3O2/c18-12-1-3-13(4-2-12)21-17(23)15-9-14(15)16(22)20-10-11-5-7-19-8-6-11/h1-8,14-15H,9-10H2,(H,20,22)(H,21,23). The van der Waals surface area contributed by atoms with Crippen LogP contribution in [-0.4, -0.2) is 16.8 Å². The van der Waals surface area contributed by atoms with Gasteiger partial charge >= 0.3 is 0 Å². The fraction of sp³-hybridized carbons (Fsp3) is 0.235. The highest BCUT2D eigenvalue weighted by molar-refractivity contribution is 6.30. The third-order valence-electron chi connectivity index (χ3n) is 3.79. The molecule has 2 amide bonds. The number of benzene rings is 1. The molecule has 0 spiro atoms. The fourth-order valence-corrected chi connectivity index (χ4v) is 2.49. The van der Waals surface area contributed by atoms with Gasteiger partial charge in [0.25, 0.3) is 0 Å². The van der Waals surface area contributed by atoms with Gasteiger partial charge in [0.15, 0.2) is 0 Å². The first kappa shape index (κ1) is 15.5. The molecular formula is C17H16ClN3O2. The number of aromatic nitrogens is 1.